The Morgan fingerprint density at radius 2 is 2.03 bits per heavy atom. The van der Waals surface area contributed by atoms with Gasteiger partial charge in [0.15, 0.2) is 0 Å². The van der Waals surface area contributed by atoms with Gasteiger partial charge in [0.1, 0.15) is 16.2 Å². The van der Waals surface area contributed by atoms with Crippen LogP contribution in [-0.2, 0) is 9.59 Å². The average molecular weight is 411 g/mol. The molecule has 2 amide bonds. The number of nitrogens with one attached hydrogen (secondary N) is 1. The van der Waals surface area contributed by atoms with Crippen LogP contribution >= 0.6 is 11.3 Å². The molecule has 0 aliphatic carbocycles. The quantitative estimate of drug-likeness (QED) is 0.628. The van der Waals surface area contributed by atoms with Crippen molar-refractivity contribution in [3.05, 3.63) is 41.2 Å². The molecule has 3 aromatic heterocycles. The number of carbonyl (C=O) groups is 2. The molecule has 0 unspecified atom stereocenters. The summed E-state index contributed by atoms with van der Waals surface area (Å²) in [7, 11) is 0. The summed E-state index contributed by atoms with van der Waals surface area (Å²) in [5.41, 5.74) is 10.4. The van der Waals surface area contributed by atoms with Gasteiger partial charge in [-0.1, -0.05) is 6.92 Å². The van der Waals surface area contributed by atoms with Crippen molar-refractivity contribution in [3.8, 4) is 0 Å². The van der Waals surface area contributed by atoms with E-state index in [9.17, 15) is 9.59 Å². The topological polar surface area (TPSA) is 114 Å². The number of rotatable bonds is 2. The van der Waals surface area contributed by atoms with E-state index in [4.69, 9.17) is 5.73 Å². The largest absolute Gasteiger partial charge is 0.383 e. The second-order valence-corrected chi connectivity index (χ2v) is 8.31. The summed E-state index contributed by atoms with van der Waals surface area (Å²) in [4.78, 5) is 41.0. The van der Waals surface area contributed by atoms with Crippen LogP contribution in [0.25, 0.3) is 10.3 Å². The highest BCUT2D eigenvalue weighted by molar-refractivity contribution is 7.16. The van der Waals surface area contributed by atoms with Crippen molar-refractivity contribution in [1.29, 1.82) is 0 Å². The molecule has 0 radical (unpaired) electrons. The zero-order valence-corrected chi connectivity index (χ0v) is 17.1. The molecular weight excluding hydrogens is 388 g/mol. The van der Waals surface area contributed by atoms with Gasteiger partial charge in [-0.05, 0) is 48.9 Å². The third-order valence-electron chi connectivity index (χ3n) is 5.24. The molecule has 29 heavy (non-hydrogen) atoms. The number of amides is 2. The summed E-state index contributed by atoms with van der Waals surface area (Å²) >= 11 is 1.48. The van der Waals surface area contributed by atoms with Crippen LogP contribution in [0, 0.1) is 12.8 Å². The van der Waals surface area contributed by atoms with E-state index in [0.717, 1.165) is 34.3 Å². The number of thiazole rings is 1. The zero-order chi connectivity index (χ0) is 20.5. The normalized spacial score (nSPS) is 19.3. The van der Waals surface area contributed by atoms with Crippen molar-refractivity contribution >= 4 is 45.0 Å². The molecule has 3 N–H and O–H groups in total. The predicted molar refractivity (Wildman–Crippen MR) is 112 cm³/mol. The maximum atomic E-state index is 13.0. The predicted octanol–water partition coefficient (Wildman–Crippen LogP) is 2.92. The molecule has 1 saturated heterocycles. The Kier molecular flexibility index (Phi) is 5.14. The fourth-order valence-electron chi connectivity index (χ4n) is 3.65. The molecule has 4 heterocycles. The summed E-state index contributed by atoms with van der Waals surface area (Å²) in [6.07, 6.45) is 4.99. The number of piperidine rings is 1. The highest BCUT2D eigenvalue weighted by Gasteiger charge is 2.34. The maximum Gasteiger partial charge on any atom is 0.313 e. The third kappa shape index (κ3) is 3.91. The minimum Gasteiger partial charge on any atom is -0.383 e. The maximum absolute atomic E-state index is 13.0. The minimum absolute atomic E-state index is 0.200. The first-order valence-electron chi connectivity index (χ1n) is 9.45. The lowest BCUT2D eigenvalue weighted by molar-refractivity contribution is -0.146. The van der Waals surface area contributed by atoms with Gasteiger partial charge in [0.05, 0.1) is 23.4 Å². The van der Waals surface area contributed by atoms with Crippen LogP contribution in [0.15, 0.2) is 30.0 Å². The summed E-state index contributed by atoms with van der Waals surface area (Å²) in [5, 5.41) is 2.64. The van der Waals surface area contributed by atoms with Crippen molar-refractivity contribution in [3.63, 3.8) is 0 Å². The molecule has 0 aromatic carbocycles. The van der Waals surface area contributed by atoms with Gasteiger partial charge in [-0.2, -0.15) is 0 Å². The van der Waals surface area contributed by atoms with Gasteiger partial charge in [-0.15, -0.1) is 11.3 Å². The fourth-order valence-corrected chi connectivity index (χ4v) is 4.26. The minimum atomic E-state index is -0.683. The highest BCUT2D eigenvalue weighted by atomic mass is 32.1. The molecule has 150 valence electrons. The van der Waals surface area contributed by atoms with Crippen molar-refractivity contribution in [2.45, 2.75) is 32.7 Å². The zero-order valence-electron chi connectivity index (χ0n) is 16.3. The molecule has 1 fully saturated rings. The number of fused-ring (bicyclic) bond motifs is 1. The Balaban J connectivity index is 1.57. The van der Waals surface area contributed by atoms with E-state index < -0.39 is 11.8 Å². The van der Waals surface area contributed by atoms with Crippen molar-refractivity contribution < 1.29 is 9.59 Å². The van der Waals surface area contributed by atoms with E-state index in [2.05, 4.69) is 27.2 Å². The molecule has 0 bridgehead atoms. The Bertz CT molecular complexity index is 1080. The van der Waals surface area contributed by atoms with Crippen LogP contribution in [-0.4, -0.2) is 38.2 Å². The second-order valence-electron chi connectivity index (χ2n) is 7.48. The SMILES string of the molecule is Cc1cc(NC(=O)C(=O)N2C[C@H](C)CC[C@H]2c2cnc3scnc3c2)cnc1N. The molecule has 9 heteroatoms. The molecule has 0 spiro atoms. The first kappa shape index (κ1) is 19.3. The van der Waals surface area contributed by atoms with Crippen molar-refractivity contribution in [2.24, 2.45) is 5.92 Å². The van der Waals surface area contributed by atoms with E-state index in [1.54, 1.807) is 29.6 Å². The van der Waals surface area contributed by atoms with Gasteiger partial charge < -0.3 is 16.0 Å². The Hall–Kier alpha value is -3.07. The Morgan fingerprint density at radius 1 is 1.21 bits per heavy atom. The summed E-state index contributed by atoms with van der Waals surface area (Å²) in [5.74, 6) is -0.532. The lowest BCUT2D eigenvalue weighted by Gasteiger charge is -2.38. The number of aryl methyl sites for hydroxylation is 1. The van der Waals surface area contributed by atoms with Crippen LogP contribution in [0.2, 0.25) is 0 Å². The van der Waals surface area contributed by atoms with Crippen molar-refractivity contribution in [2.75, 3.05) is 17.6 Å². The second kappa shape index (κ2) is 7.75. The number of nitrogens with two attached hydrogens (primary N) is 1. The van der Waals surface area contributed by atoms with E-state index >= 15 is 0 Å². The van der Waals surface area contributed by atoms with Gasteiger partial charge in [0.2, 0.25) is 0 Å². The fraction of sp³-hybridized carbons (Fsp3) is 0.350. The number of nitrogens with zero attached hydrogens (tertiary/aromatic N) is 4. The summed E-state index contributed by atoms with van der Waals surface area (Å²) in [6, 6.07) is 3.46. The number of hydrogen-bond donors (Lipinski definition) is 2. The molecule has 1 aliphatic rings. The number of aromatic nitrogens is 3. The monoisotopic (exact) mass is 410 g/mol. The number of nitrogen functional groups attached to an aromatic ring is 1. The number of anilines is 2. The first-order chi connectivity index (χ1) is 13.9. The van der Waals surface area contributed by atoms with Gasteiger partial charge >= 0.3 is 11.8 Å². The Labute approximate surface area is 172 Å². The van der Waals surface area contributed by atoms with Crippen LogP contribution in [0.4, 0.5) is 11.5 Å². The number of likely N-dealkylation sites (tertiary alicyclic amines) is 1. The van der Waals surface area contributed by atoms with E-state index in [1.165, 1.54) is 17.5 Å². The van der Waals surface area contributed by atoms with E-state index in [1.807, 2.05) is 6.07 Å². The van der Waals surface area contributed by atoms with E-state index in [0.29, 0.717) is 24.0 Å². The van der Waals surface area contributed by atoms with Crippen LogP contribution in [0.5, 0.6) is 0 Å². The summed E-state index contributed by atoms with van der Waals surface area (Å²) < 4.78 is 0. The molecular formula is C20H22N6O2S. The highest BCUT2D eigenvalue weighted by Crippen LogP contribution is 2.34. The molecule has 3 aromatic rings. The molecule has 0 saturated carbocycles. The summed E-state index contributed by atoms with van der Waals surface area (Å²) in [6.45, 7) is 4.40. The number of pyridine rings is 2. The molecule has 8 nitrogen and oxygen atoms in total. The number of hydrogen-bond acceptors (Lipinski definition) is 7. The van der Waals surface area contributed by atoms with Crippen molar-refractivity contribution in [1.82, 2.24) is 19.9 Å². The molecule has 1 aliphatic heterocycles. The molecule has 4 rings (SSSR count). The lowest BCUT2D eigenvalue weighted by Crippen LogP contribution is -2.46. The van der Waals surface area contributed by atoms with E-state index in [-0.39, 0.29) is 6.04 Å². The standard InChI is InChI=1S/C20H22N6O2S/c1-11-3-4-16(13-6-15-19(23-7-13)29-10-24-15)26(9-11)20(28)18(27)25-14-5-12(2)17(21)22-8-14/h5-8,10-11,16H,3-4,9H2,1-2H3,(H2,21,22)(H,25,27)/t11-,16+/m1/s1. The van der Waals surface area contributed by atoms with Gasteiger partial charge in [-0.3, -0.25) is 9.59 Å². The van der Waals surface area contributed by atoms with Gasteiger partial charge in [0, 0.05) is 12.7 Å². The average Bonchev–Trinajstić information content (AvgIpc) is 3.18. The smallest absolute Gasteiger partial charge is 0.313 e. The molecule has 2 atom stereocenters. The lowest BCUT2D eigenvalue weighted by atomic mass is 9.90. The van der Waals surface area contributed by atoms with Gasteiger partial charge in [-0.25, -0.2) is 15.0 Å². The van der Waals surface area contributed by atoms with Crippen LogP contribution in [0.1, 0.15) is 36.9 Å². The van der Waals surface area contributed by atoms with Gasteiger partial charge in [0.25, 0.3) is 0 Å². The third-order valence-corrected chi connectivity index (χ3v) is 5.99. The Morgan fingerprint density at radius 3 is 2.83 bits per heavy atom. The number of carbonyl (C=O) groups excluding carboxylic acids is 2. The first-order valence-corrected chi connectivity index (χ1v) is 10.3. The van der Waals surface area contributed by atoms with Crippen LogP contribution < -0.4 is 11.1 Å². The van der Waals surface area contributed by atoms with Crippen LogP contribution in [0.3, 0.4) is 0 Å².